The highest BCUT2D eigenvalue weighted by Gasteiger charge is 2.29. The maximum atomic E-state index is 13.4. The molecule has 0 aliphatic heterocycles. The number of rotatable bonds is 7. The van der Waals surface area contributed by atoms with Gasteiger partial charge in [-0.2, -0.15) is 0 Å². The summed E-state index contributed by atoms with van der Waals surface area (Å²) in [7, 11) is 0. The minimum absolute atomic E-state index is 0.0930. The van der Waals surface area contributed by atoms with Crippen molar-refractivity contribution in [3.63, 3.8) is 0 Å². The van der Waals surface area contributed by atoms with E-state index in [9.17, 15) is 14.1 Å². The van der Waals surface area contributed by atoms with Crippen LogP contribution in [0.4, 0.5) is 15.3 Å². The highest BCUT2D eigenvalue weighted by Crippen LogP contribution is 2.40. The smallest absolute Gasteiger partial charge is 0.411 e. The number of hydrogen-bond acceptors (Lipinski definition) is 8. The van der Waals surface area contributed by atoms with Crippen molar-refractivity contribution in [2.75, 3.05) is 5.32 Å². The molecule has 0 spiro atoms. The van der Waals surface area contributed by atoms with Crippen molar-refractivity contribution in [1.82, 2.24) is 15.0 Å². The summed E-state index contributed by atoms with van der Waals surface area (Å²) in [5.41, 5.74) is 0.406. The van der Waals surface area contributed by atoms with Crippen molar-refractivity contribution in [2.24, 2.45) is 0 Å². The van der Waals surface area contributed by atoms with E-state index in [1.165, 1.54) is 0 Å². The van der Waals surface area contributed by atoms with Gasteiger partial charge in [0.2, 0.25) is 0 Å². The topological polar surface area (TPSA) is 125 Å². The van der Waals surface area contributed by atoms with Crippen LogP contribution in [0.1, 0.15) is 92.0 Å². The summed E-state index contributed by atoms with van der Waals surface area (Å²) in [5.74, 6) is 0.300. The molecule has 0 radical (unpaired) electrons. The average molecular weight is 579 g/mol. The number of carbonyl (C=O) groups is 2. The lowest BCUT2D eigenvalue weighted by atomic mass is 9.86. The number of thiazole rings is 1. The summed E-state index contributed by atoms with van der Waals surface area (Å²) in [5, 5.41) is 6.74. The van der Waals surface area contributed by atoms with Gasteiger partial charge in [-0.3, -0.25) is 5.32 Å². The van der Waals surface area contributed by atoms with E-state index in [1.807, 2.05) is 53.8 Å². The van der Waals surface area contributed by atoms with Crippen LogP contribution in [0.5, 0.6) is 0 Å². The minimum Gasteiger partial charge on any atom is -0.593 e. The number of ether oxygens (including phenoxy) is 2. The highest BCUT2D eigenvalue weighted by atomic mass is 32.2. The van der Waals surface area contributed by atoms with Crippen molar-refractivity contribution in [3.8, 4) is 10.4 Å². The number of alkyl carbamates (subject to hydrolysis) is 1. The van der Waals surface area contributed by atoms with Crippen LogP contribution in [0.3, 0.4) is 0 Å². The van der Waals surface area contributed by atoms with Crippen molar-refractivity contribution in [2.45, 2.75) is 115 Å². The molecule has 0 saturated heterocycles. The first-order valence-electron chi connectivity index (χ1n) is 13.4. The lowest BCUT2D eigenvalue weighted by molar-refractivity contribution is 0.0491. The minimum atomic E-state index is -1.53. The number of nitrogens with one attached hydrogen (secondary N) is 3. The van der Waals surface area contributed by atoms with Crippen molar-refractivity contribution in [3.05, 3.63) is 29.4 Å². The lowest BCUT2D eigenvalue weighted by Gasteiger charge is -2.29. The number of carbonyl (C=O) groups excluding carboxylic acids is 2. The standard InChI is InChI=1S/C28H42N4O5S2/c1-17(2)36-25(33)31-20-13-14-21(23(15-20)39(35)32-27(3,4)5)22-16-29-24(38-22)18-9-11-19(12-10-18)30-26(34)37-28(6,7)8/h13-19,32H,9-12H2,1-8H3,(H,30,34)(H,31,33). The molecule has 1 aromatic heterocycles. The lowest BCUT2D eigenvalue weighted by Crippen LogP contribution is -2.40. The molecule has 2 aromatic rings. The molecule has 1 aromatic carbocycles. The molecule has 1 saturated carbocycles. The van der Waals surface area contributed by atoms with Gasteiger partial charge < -0.3 is 19.3 Å². The Kier molecular flexibility index (Phi) is 10.3. The predicted octanol–water partition coefficient (Wildman–Crippen LogP) is 6.73. The van der Waals surface area contributed by atoms with Crippen molar-refractivity contribution >= 4 is 40.6 Å². The first kappa shape index (κ1) is 31.2. The zero-order valence-electron chi connectivity index (χ0n) is 24.2. The largest absolute Gasteiger partial charge is 0.593 e. The van der Waals surface area contributed by atoms with E-state index in [2.05, 4.69) is 15.4 Å². The number of nitrogens with zero attached hydrogens (tertiary/aromatic N) is 1. The molecule has 2 amide bonds. The molecular formula is C28H42N4O5S2. The molecule has 1 aliphatic rings. The van der Waals surface area contributed by atoms with E-state index < -0.39 is 23.1 Å². The van der Waals surface area contributed by atoms with Gasteiger partial charge in [0.05, 0.1) is 38.5 Å². The average Bonchev–Trinajstić information content (AvgIpc) is 3.26. The second-order valence-electron chi connectivity index (χ2n) is 12.2. The molecule has 1 fully saturated rings. The molecular weight excluding hydrogens is 536 g/mol. The summed E-state index contributed by atoms with van der Waals surface area (Å²) >= 11 is 0.0662. The third kappa shape index (κ3) is 9.97. The van der Waals surface area contributed by atoms with Crippen LogP contribution < -0.4 is 15.4 Å². The van der Waals surface area contributed by atoms with Gasteiger partial charge in [-0.15, -0.1) is 16.1 Å². The fourth-order valence-electron chi connectivity index (χ4n) is 4.21. The van der Waals surface area contributed by atoms with Crippen LogP contribution in [-0.2, 0) is 20.8 Å². The van der Waals surface area contributed by atoms with Crippen molar-refractivity contribution < 1.29 is 23.6 Å². The number of anilines is 1. The van der Waals surface area contributed by atoms with E-state index in [1.54, 1.807) is 37.3 Å². The molecule has 216 valence electrons. The van der Waals surface area contributed by atoms with Crippen LogP contribution in [0, 0.1) is 0 Å². The fourth-order valence-corrected chi connectivity index (χ4v) is 6.68. The molecule has 3 N–H and O–H groups in total. The molecule has 1 atom stereocenters. The van der Waals surface area contributed by atoms with Crippen LogP contribution >= 0.6 is 11.3 Å². The normalized spacial score (nSPS) is 18.9. The van der Waals surface area contributed by atoms with Gasteiger partial charge in [0.1, 0.15) is 5.60 Å². The summed E-state index contributed by atoms with van der Waals surface area (Å²) < 4.78 is 27.1. The molecule has 3 rings (SSSR count). The van der Waals surface area contributed by atoms with Gasteiger partial charge in [-0.05, 0) is 93.2 Å². The summed E-state index contributed by atoms with van der Waals surface area (Å²) in [6, 6.07) is 5.46. The monoisotopic (exact) mass is 578 g/mol. The Morgan fingerprint density at radius 3 is 2.33 bits per heavy atom. The number of aromatic nitrogens is 1. The summed E-state index contributed by atoms with van der Waals surface area (Å²) in [6.45, 7) is 15.0. The van der Waals surface area contributed by atoms with Crippen LogP contribution in [0.25, 0.3) is 10.4 Å². The predicted molar refractivity (Wildman–Crippen MR) is 156 cm³/mol. The van der Waals surface area contributed by atoms with Gasteiger partial charge in [0, 0.05) is 29.9 Å². The number of benzene rings is 1. The molecule has 1 aliphatic carbocycles. The molecule has 9 nitrogen and oxygen atoms in total. The second kappa shape index (κ2) is 12.9. The summed E-state index contributed by atoms with van der Waals surface area (Å²) in [6.07, 6.45) is 4.19. The highest BCUT2D eigenvalue weighted by molar-refractivity contribution is 7.89. The van der Waals surface area contributed by atoms with Gasteiger partial charge in [-0.1, -0.05) is 0 Å². The third-order valence-electron chi connectivity index (χ3n) is 5.76. The maximum Gasteiger partial charge on any atom is 0.411 e. The Labute approximate surface area is 239 Å². The third-order valence-corrected chi connectivity index (χ3v) is 8.48. The molecule has 39 heavy (non-hydrogen) atoms. The maximum absolute atomic E-state index is 13.4. The first-order chi connectivity index (χ1) is 18.1. The second-order valence-corrected chi connectivity index (χ2v) is 14.4. The van der Waals surface area contributed by atoms with E-state index in [0.717, 1.165) is 41.1 Å². The van der Waals surface area contributed by atoms with Gasteiger partial charge >= 0.3 is 12.2 Å². The van der Waals surface area contributed by atoms with Crippen LogP contribution in [-0.4, -0.2) is 45.0 Å². The number of hydrogen-bond donors (Lipinski definition) is 3. The zero-order valence-corrected chi connectivity index (χ0v) is 25.8. The first-order valence-corrected chi connectivity index (χ1v) is 15.3. The zero-order chi connectivity index (χ0) is 29.0. The Hall–Kier alpha value is -2.34. The Morgan fingerprint density at radius 1 is 1.08 bits per heavy atom. The molecule has 0 bridgehead atoms. The Balaban J connectivity index is 1.75. The SMILES string of the molecule is CC(C)OC(=O)Nc1ccc(-c2cnc(C3CCC(NC(=O)OC(C)(C)C)CC3)s2)c([S+]([O-])NC(C)(C)C)c1. The van der Waals surface area contributed by atoms with Crippen molar-refractivity contribution in [1.29, 1.82) is 0 Å². The van der Waals surface area contributed by atoms with E-state index in [0.29, 0.717) is 16.5 Å². The fraction of sp³-hybridized carbons (Fsp3) is 0.607. The van der Waals surface area contributed by atoms with Gasteiger partial charge in [0.15, 0.2) is 4.90 Å². The quantitative estimate of drug-likeness (QED) is 0.311. The molecule has 1 unspecified atom stereocenters. The molecule has 1 heterocycles. The number of amides is 2. The Morgan fingerprint density at radius 2 is 1.74 bits per heavy atom. The summed E-state index contributed by atoms with van der Waals surface area (Å²) in [4.78, 5) is 30.5. The Bertz CT molecular complexity index is 1130. The van der Waals surface area contributed by atoms with Crippen LogP contribution in [0.2, 0.25) is 0 Å². The molecule has 11 heteroatoms. The van der Waals surface area contributed by atoms with Gasteiger partial charge in [-0.25, -0.2) is 14.6 Å². The van der Waals surface area contributed by atoms with Gasteiger partial charge in [0.25, 0.3) is 0 Å². The van der Waals surface area contributed by atoms with Crippen LogP contribution in [0.15, 0.2) is 29.3 Å². The van der Waals surface area contributed by atoms with E-state index in [4.69, 9.17) is 14.5 Å². The van der Waals surface area contributed by atoms with E-state index >= 15 is 0 Å². The van der Waals surface area contributed by atoms with E-state index in [-0.39, 0.29) is 23.8 Å².